The summed E-state index contributed by atoms with van der Waals surface area (Å²) < 4.78 is 0. The Bertz CT molecular complexity index is 264. The highest BCUT2D eigenvalue weighted by Gasteiger charge is 2.21. The minimum atomic E-state index is -0.0967. The molecule has 1 N–H and O–H groups in total. The predicted octanol–water partition coefficient (Wildman–Crippen LogP) is 1.65. The van der Waals surface area contributed by atoms with Crippen LogP contribution in [0.25, 0.3) is 0 Å². The van der Waals surface area contributed by atoms with E-state index in [4.69, 9.17) is 0 Å². The molecule has 1 aliphatic heterocycles. The number of rotatable bonds is 3. The summed E-state index contributed by atoms with van der Waals surface area (Å²) in [6.45, 7) is 7.61. The molecular formula is C12H22N2O2. The van der Waals surface area contributed by atoms with E-state index in [0.29, 0.717) is 5.92 Å². The van der Waals surface area contributed by atoms with E-state index in [1.54, 1.807) is 0 Å². The van der Waals surface area contributed by atoms with Gasteiger partial charge in [-0.05, 0) is 18.8 Å². The first kappa shape index (κ1) is 13.0. The maximum absolute atomic E-state index is 11.7. The van der Waals surface area contributed by atoms with E-state index in [9.17, 15) is 9.59 Å². The summed E-state index contributed by atoms with van der Waals surface area (Å²) in [5.74, 6) is 0.638. The summed E-state index contributed by atoms with van der Waals surface area (Å²) in [6, 6.07) is -0.0967. The second-order valence-corrected chi connectivity index (χ2v) is 4.97. The van der Waals surface area contributed by atoms with Crippen molar-refractivity contribution in [2.24, 2.45) is 11.8 Å². The third kappa shape index (κ3) is 3.83. The maximum atomic E-state index is 11.7. The lowest BCUT2D eigenvalue weighted by atomic mass is 10.0. The Balaban J connectivity index is 2.32. The molecular weight excluding hydrogens is 204 g/mol. The van der Waals surface area contributed by atoms with E-state index in [1.807, 2.05) is 18.7 Å². The molecule has 4 nitrogen and oxygen atoms in total. The first-order valence-corrected chi connectivity index (χ1v) is 6.06. The molecule has 1 heterocycles. The molecule has 0 aliphatic carbocycles. The molecule has 0 radical (unpaired) electrons. The number of amides is 2. The molecule has 92 valence electrons. The Morgan fingerprint density at radius 1 is 1.44 bits per heavy atom. The molecule has 1 unspecified atom stereocenters. The summed E-state index contributed by atoms with van der Waals surface area (Å²) >= 11 is 0. The molecule has 2 amide bonds. The van der Waals surface area contributed by atoms with Gasteiger partial charge in [0.2, 0.25) is 0 Å². The Morgan fingerprint density at radius 2 is 2.12 bits per heavy atom. The molecule has 1 saturated heterocycles. The molecule has 1 rings (SSSR count). The van der Waals surface area contributed by atoms with E-state index in [1.165, 1.54) is 6.42 Å². The van der Waals surface area contributed by atoms with Crippen molar-refractivity contribution in [3.05, 3.63) is 0 Å². The van der Waals surface area contributed by atoms with Gasteiger partial charge in [-0.2, -0.15) is 0 Å². The van der Waals surface area contributed by atoms with E-state index in [0.717, 1.165) is 19.5 Å². The minimum Gasteiger partial charge on any atom is -0.331 e. The third-order valence-corrected chi connectivity index (χ3v) is 3.00. The molecule has 4 heteroatoms. The van der Waals surface area contributed by atoms with Crippen molar-refractivity contribution in [3.8, 4) is 0 Å². The number of hydrogen-bond acceptors (Lipinski definition) is 2. The van der Waals surface area contributed by atoms with Crippen molar-refractivity contribution in [1.29, 1.82) is 0 Å². The Hall–Kier alpha value is -1.06. The molecule has 0 saturated carbocycles. The highest BCUT2D eigenvalue weighted by atomic mass is 16.2. The van der Waals surface area contributed by atoms with Crippen LogP contribution in [0.2, 0.25) is 0 Å². The second-order valence-electron chi connectivity index (χ2n) is 4.97. The fraction of sp³-hybridized carbons (Fsp3) is 0.833. The molecule has 0 aromatic heterocycles. The van der Waals surface area contributed by atoms with E-state index >= 15 is 0 Å². The molecule has 0 aromatic carbocycles. The highest BCUT2D eigenvalue weighted by Crippen LogP contribution is 2.15. The predicted molar refractivity (Wildman–Crippen MR) is 63.2 cm³/mol. The Kier molecular flexibility index (Phi) is 4.77. The summed E-state index contributed by atoms with van der Waals surface area (Å²) in [7, 11) is 0. The lowest BCUT2D eigenvalue weighted by molar-refractivity contribution is -0.120. The molecule has 0 aromatic rings. The first-order valence-electron chi connectivity index (χ1n) is 6.06. The second kappa shape index (κ2) is 5.87. The number of likely N-dealkylation sites (tertiary alicyclic amines) is 1. The van der Waals surface area contributed by atoms with Gasteiger partial charge in [0.15, 0.2) is 5.78 Å². The number of carbonyl (C=O) groups is 2. The largest absolute Gasteiger partial charge is 0.331 e. The van der Waals surface area contributed by atoms with Gasteiger partial charge in [-0.15, -0.1) is 0 Å². The lowest BCUT2D eigenvalue weighted by Crippen LogP contribution is -2.46. The van der Waals surface area contributed by atoms with Crippen molar-refractivity contribution in [2.75, 3.05) is 19.6 Å². The van der Waals surface area contributed by atoms with Crippen LogP contribution >= 0.6 is 0 Å². The zero-order valence-electron chi connectivity index (χ0n) is 10.5. The Morgan fingerprint density at radius 3 is 2.69 bits per heavy atom. The van der Waals surface area contributed by atoms with E-state index in [-0.39, 0.29) is 24.3 Å². The summed E-state index contributed by atoms with van der Waals surface area (Å²) in [5, 5.41) is 2.69. The summed E-state index contributed by atoms with van der Waals surface area (Å²) in [4.78, 5) is 24.9. The number of carbonyl (C=O) groups excluding carboxylic acids is 2. The van der Waals surface area contributed by atoms with Crippen LogP contribution < -0.4 is 5.32 Å². The quantitative estimate of drug-likeness (QED) is 0.795. The maximum Gasteiger partial charge on any atom is 0.317 e. The molecule has 0 spiro atoms. The zero-order chi connectivity index (χ0) is 12.1. The van der Waals surface area contributed by atoms with Crippen LogP contribution in [0.1, 0.15) is 33.6 Å². The molecule has 1 aliphatic rings. The first-order chi connectivity index (χ1) is 7.50. The fourth-order valence-corrected chi connectivity index (χ4v) is 1.85. The SMILES string of the molecule is CC1CCCN(C(=O)NCC(=O)C(C)C)C1. The van der Waals surface area contributed by atoms with Crippen LogP contribution in [-0.2, 0) is 4.79 Å². The minimum absolute atomic E-state index is 0.0134. The van der Waals surface area contributed by atoms with Crippen LogP contribution in [0.4, 0.5) is 4.79 Å². The van der Waals surface area contributed by atoms with Gasteiger partial charge in [0.25, 0.3) is 0 Å². The van der Waals surface area contributed by atoms with Crippen molar-refractivity contribution in [3.63, 3.8) is 0 Å². The smallest absolute Gasteiger partial charge is 0.317 e. The van der Waals surface area contributed by atoms with Gasteiger partial charge in [0, 0.05) is 19.0 Å². The summed E-state index contributed by atoms with van der Waals surface area (Å²) in [5.41, 5.74) is 0. The van der Waals surface area contributed by atoms with Crippen molar-refractivity contribution < 1.29 is 9.59 Å². The highest BCUT2D eigenvalue weighted by molar-refractivity contribution is 5.86. The van der Waals surface area contributed by atoms with Crippen molar-refractivity contribution in [2.45, 2.75) is 33.6 Å². The number of hydrogen-bond donors (Lipinski definition) is 1. The topological polar surface area (TPSA) is 49.4 Å². The number of nitrogens with zero attached hydrogens (tertiary/aromatic N) is 1. The molecule has 0 bridgehead atoms. The number of ketones is 1. The average molecular weight is 226 g/mol. The van der Waals surface area contributed by atoms with Crippen LogP contribution in [-0.4, -0.2) is 36.3 Å². The van der Waals surface area contributed by atoms with Gasteiger partial charge in [-0.25, -0.2) is 4.79 Å². The number of Topliss-reactive ketones (excluding diaryl/α,β-unsaturated/α-hetero) is 1. The van der Waals surface area contributed by atoms with Crippen LogP contribution in [0, 0.1) is 11.8 Å². The van der Waals surface area contributed by atoms with Gasteiger partial charge in [0.05, 0.1) is 6.54 Å². The number of piperidine rings is 1. The standard InChI is InChI=1S/C12H22N2O2/c1-9(2)11(15)7-13-12(16)14-6-4-5-10(3)8-14/h9-10H,4-8H2,1-3H3,(H,13,16). The molecule has 1 atom stereocenters. The van der Waals surface area contributed by atoms with Gasteiger partial charge in [0.1, 0.15) is 0 Å². The third-order valence-electron chi connectivity index (χ3n) is 3.00. The average Bonchev–Trinajstić information content (AvgIpc) is 2.25. The van der Waals surface area contributed by atoms with Gasteiger partial charge in [-0.1, -0.05) is 20.8 Å². The Labute approximate surface area is 97.4 Å². The lowest BCUT2D eigenvalue weighted by Gasteiger charge is -2.30. The number of nitrogens with one attached hydrogen (secondary N) is 1. The monoisotopic (exact) mass is 226 g/mol. The van der Waals surface area contributed by atoms with Crippen LogP contribution in [0.5, 0.6) is 0 Å². The number of urea groups is 1. The van der Waals surface area contributed by atoms with Gasteiger partial charge in [-0.3, -0.25) is 4.79 Å². The van der Waals surface area contributed by atoms with E-state index in [2.05, 4.69) is 12.2 Å². The normalized spacial score (nSPS) is 21.0. The van der Waals surface area contributed by atoms with Crippen LogP contribution in [0.3, 0.4) is 0 Å². The van der Waals surface area contributed by atoms with Crippen molar-refractivity contribution in [1.82, 2.24) is 10.2 Å². The molecule has 16 heavy (non-hydrogen) atoms. The van der Waals surface area contributed by atoms with E-state index < -0.39 is 0 Å². The van der Waals surface area contributed by atoms with Gasteiger partial charge < -0.3 is 10.2 Å². The zero-order valence-corrected chi connectivity index (χ0v) is 10.5. The summed E-state index contributed by atoms with van der Waals surface area (Å²) in [6.07, 6.45) is 2.25. The molecule has 1 fully saturated rings. The van der Waals surface area contributed by atoms with Crippen molar-refractivity contribution >= 4 is 11.8 Å². The van der Waals surface area contributed by atoms with Gasteiger partial charge >= 0.3 is 6.03 Å². The fourth-order valence-electron chi connectivity index (χ4n) is 1.85. The van der Waals surface area contributed by atoms with Crippen LogP contribution in [0.15, 0.2) is 0 Å².